The van der Waals surface area contributed by atoms with Gasteiger partial charge in [-0.25, -0.2) is 18.0 Å². The summed E-state index contributed by atoms with van der Waals surface area (Å²) in [5, 5.41) is 11.9. The Hall–Kier alpha value is -1.39. The van der Waals surface area contributed by atoms with Gasteiger partial charge in [-0.2, -0.15) is 0 Å². The first-order valence-corrected chi connectivity index (χ1v) is 10.4. The molecule has 0 aromatic rings. The zero-order valence-corrected chi connectivity index (χ0v) is 18.0. The van der Waals surface area contributed by atoms with Crippen LogP contribution < -0.4 is 10.6 Å². The molecule has 11 heteroatoms. The third-order valence-corrected chi connectivity index (χ3v) is 4.64. The molecule has 0 heterocycles. The number of alkyl carbamates (subject to hydrolysis) is 1. The van der Waals surface area contributed by atoms with Crippen LogP contribution in [0.4, 0.5) is 4.79 Å². The number of rotatable bonds is 12. The van der Waals surface area contributed by atoms with Crippen LogP contribution in [0.1, 0.15) is 40.5 Å². The van der Waals surface area contributed by atoms with Gasteiger partial charge in [0.25, 0.3) is 0 Å². The first-order valence-electron chi connectivity index (χ1n) is 8.57. The van der Waals surface area contributed by atoms with E-state index in [1.165, 1.54) is 0 Å². The summed E-state index contributed by atoms with van der Waals surface area (Å²) in [5.74, 6) is -1.65. The highest BCUT2D eigenvalue weighted by molar-refractivity contribution is 7.91. The van der Waals surface area contributed by atoms with Crippen LogP contribution in [0.5, 0.6) is 0 Å². The lowest BCUT2D eigenvalue weighted by Gasteiger charge is -2.24. The Morgan fingerprint density at radius 3 is 2.41 bits per heavy atom. The second-order valence-corrected chi connectivity index (χ2v) is 8.97. The Morgan fingerprint density at radius 1 is 1.26 bits per heavy atom. The Labute approximate surface area is 167 Å². The van der Waals surface area contributed by atoms with Crippen molar-refractivity contribution in [2.45, 2.75) is 52.2 Å². The Kier molecular flexibility index (Phi) is 14.1. The van der Waals surface area contributed by atoms with E-state index in [4.69, 9.17) is 14.9 Å². The lowest BCUT2D eigenvalue weighted by molar-refractivity contribution is -0.156. The van der Waals surface area contributed by atoms with Crippen LogP contribution in [0.3, 0.4) is 0 Å². The number of sulfone groups is 1. The monoisotopic (exact) mass is 429 g/mol. The average molecular weight is 430 g/mol. The fraction of sp³-hybridized carbons (Fsp3) is 0.812. The van der Waals surface area contributed by atoms with Gasteiger partial charge in [0.05, 0.1) is 18.1 Å². The quantitative estimate of drug-likeness (QED) is 0.241. The standard InChI is InChI=1S/C16H31N3O6S.ClH/c1-5-6-10-24-15(21)19-13(14(20)25-16(2,3)4)12-26(22,23)11-9-18-8-7-17;/h7,13,17-18H,5-6,8-12H2,1-4H3,(H,19,21);1H. The van der Waals surface area contributed by atoms with Crippen LogP contribution in [0.2, 0.25) is 0 Å². The highest BCUT2D eigenvalue weighted by Gasteiger charge is 2.31. The largest absolute Gasteiger partial charge is 0.458 e. The maximum absolute atomic E-state index is 12.3. The summed E-state index contributed by atoms with van der Waals surface area (Å²) < 4.78 is 34.6. The van der Waals surface area contributed by atoms with Crippen LogP contribution in [-0.4, -0.2) is 69.5 Å². The summed E-state index contributed by atoms with van der Waals surface area (Å²) in [6.45, 7) is 7.46. The molecule has 9 nitrogen and oxygen atoms in total. The molecule has 0 fully saturated rings. The van der Waals surface area contributed by atoms with Crippen molar-refractivity contribution in [1.29, 1.82) is 5.41 Å². The van der Waals surface area contributed by atoms with Gasteiger partial charge >= 0.3 is 12.1 Å². The van der Waals surface area contributed by atoms with E-state index in [9.17, 15) is 18.0 Å². The molecule has 0 aliphatic heterocycles. The van der Waals surface area contributed by atoms with Gasteiger partial charge < -0.3 is 25.5 Å². The molecule has 0 spiro atoms. The van der Waals surface area contributed by atoms with E-state index in [0.29, 0.717) is 6.42 Å². The maximum atomic E-state index is 12.3. The average Bonchev–Trinajstić information content (AvgIpc) is 2.49. The SMILES string of the molecule is CCCCOC(=O)NC(CS(=O)(=O)CCNCC=N)C(=O)OC(C)(C)C.Cl. The molecule has 0 bridgehead atoms. The molecule has 0 aromatic heterocycles. The van der Waals surface area contributed by atoms with E-state index in [1.54, 1.807) is 20.8 Å². The Morgan fingerprint density at radius 2 is 1.89 bits per heavy atom. The van der Waals surface area contributed by atoms with Crippen LogP contribution in [0, 0.1) is 5.41 Å². The zero-order valence-electron chi connectivity index (χ0n) is 16.4. The first kappa shape index (κ1) is 27.8. The molecule has 0 rings (SSSR count). The number of hydrogen-bond acceptors (Lipinski definition) is 8. The first-order chi connectivity index (χ1) is 12.0. The van der Waals surface area contributed by atoms with E-state index < -0.39 is 39.3 Å². The van der Waals surface area contributed by atoms with Gasteiger partial charge in [-0.05, 0) is 27.2 Å². The van der Waals surface area contributed by atoms with Crippen molar-refractivity contribution < 1.29 is 27.5 Å². The predicted molar refractivity (Wildman–Crippen MR) is 107 cm³/mol. The van der Waals surface area contributed by atoms with Crippen molar-refractivity contribution in [3.63, 3.8) is 0 Å². The van der Waals surface area contributed by atoms with E-state index in [2.05, 4.69) is 10.6 Å². The van der Waals surface area contributed by atoms with Crippen molar-refractivity contribution in [1.82, 2.24) is 10.6 Å². The lowest BCUT2D eigenvalue weighted by atomic mass is 10.2. The summed E-state index contributed by atoms with van der Waals surface area (Å²) in [6.07, 6.45) is 1.76. The number of nitrogens with one attached hydrogen (secondary N) is 3. The van der Waals surface area contributed by atoms with E-state index in [0.717, 1.165) is 12.6 Å². The third kappa shape index (κ3) is 15.4. The molecule has 1 atom stereocenters. The molecule has 0 aliphatic rings. The van der Waals surface area contributed by atoms with Crippen molar-refractivity contribution >= 4 is 40.5 Å². The molecular weight excluding hydrogens is 398 g/mol. The summed E-state index contributed by atoms with van der Waals surface area (Å²) >= 11 is 0. The molecule has 3 N–H and O–H groups in total. The number of ether oxygens (including phenoxy) is 2. The van der Waals surface area contributed by atoms with Crippen LogP contribution in [0.15, 0.2) is 0 Å². The fourth-order valence-corrected chi connectivity index (χ4v) is 3.12. The molecule has 0 saturated carbocycles. The second-order valence-electron chi connectivity index (χ2n) is 6.74. The molecule has 1 amide bonds. The number of carbonyl (C=O) groups is 2. The number of esters is 1. The maximum Gasteiger partial charge on any atom is 0.407 e. The zero-order chi connectivity index (χ0) is 20.2. The van der Waals surface area contributed by atoms with E-state index in [1.807, 2.05) is 6.92 Å². The van der Waals surface area contributed by atoms with Gasteiger partial charge in [0, 0.05) is 19.3 Å². The topological polar surface area (TPSA) is 135 Å². The van der Waals surface area contributed by atoms with Gasteiger partial charge in [-0.15, -0.1) is 12.4 Å². The minimum Gasteiger partial charge on any atom is -0.458 e. The van der Waals surface area contributed by atoms with Crippen LogP contribution in [-0.2, 0) is 24.1 Å². The minimum absolute atomic E-state index is 0. The molecule has 1 unspecified atom stereocenters. The molecule has 0 radical (unpaired) electrons. The van der Waals surface area contributed by atoms with Crippen molar-refractivity contribution in [2.24, 2.45) is 0 Å². The van der Waals surface area contributed by atoms with E-state index in [-0.39, 0.29) is 37.9 Å². The molecule has 160 valence electrons. The smallest absolute Gasteiger partial charge is 0.407 e. The number of carbonyl (C=O) groups excluding carboxylic acids is 2. The Balaban J connectivity index is 0. The molecule has 0 aromatic carbocycles. The highest BCUT2D eigenvalue weighted by Crippen LogP contribution is 2.10. The van der Waals surface area contributed by atoms with Gasteiger partial charge in [-0.1, -0.05) is 13.3 Å². The number of hydrogen-bond donors (Lipinski definition) is 3. The summed E-state index contributed by atoms with van der Waals surface area (Å²) in [6, 6.07) is -1.35. The predicted octanol–water partition coefficient (Wildman–Crippen LogP) is 1.30. The summed E-state index contributed by atoms with van der Waals surface area (Å²) in [7, 11) is -3.64. The van der Waals surface area contributed by atoms with Crippen molar-refractivity contribution in [3.8, 4) is 0 Å². The van der Waals surface area contributed by atoms with Crippen molar-refractivity contribution in [2.75, 3.05) is 31.2 Å². The van der Waals surface area contributed by atoms with Gasteiger partial charge in [0.1, 0.15) is 11.6 Å². The molecule has 0 saturated heterocycles. The Bertz CT molecular complexity index is 563. The van der Waals surface area contributed by atoms with Gasteiger partial charge in [0.2, 0.25) is 0 Å². The number of unbranched alkanes of at least 4 members (excludes halogenated alkanes) is 1. The van der Waals surface area contributed by atoms with Crippen molar-refractivity contribution in [3.05, 3.63) is 0 Å². The fourth-order valence-electron chi connectivity index (χ4n) is 1.77. The highest BCUT2D eigenvalue weighted by atomic mass is 35.5. The number of halogens is 1. The number of amides is 1. The summed E-state index contributed by atoms with van der Waals surface area (Å²) in [5.41, 5.74) is -0.821. The van der Waals surface area contributed by atoms with Crippen LogP contribution >= 0.6 is 12.4 Å². The normalized spacial score (nSPS) is 12.4. The van der Waals surface area contributed by atoms with Gasteiger partial charge in [0.15, 0.2) is 9.84 Å². The lowest BCUT2D eigenvalue weighted by Crippen LogP contribution is -2.49. The van der Waals surface area contributed by atoms with Crippen LogP contribution in [0.25, 0.3) is 0 Å². The summed E-state index contributed by atoms with van der Waals surface area (Å²) in [4.78, 5) is 24.1. The molecule has 27 heavy (non-hydrogen) atoms. The van der Waals surface area contributed by atoms with Gasteiger partial charge in [-0.3, -0.25) is 0 Å². The third-order valence-electron chi connectivity index (χ3n) is 2.97. The molecule has 0 aliphatic carbocycles. The van der Waals surface area contributed by atoms with E-state index >= 15 is 0 Å². The second kappa shape index (κ2) is 13.7. The minimum atomic E-state index is -3.64. The molecular formula is C16H32ClN3O6S.